The number of nitrogens with zero attached hydrogens (tertiary/aromatic N) is 3. The van der Waals surface area contributed by atoms with Gasteiger partial charge in [0.1, 0.15) is 17.1 Å². The van der Waals surface area contributed by atoms with Crippen LogP contribution in [-0.4, -0.2) is 45.8 Å². The number of rotatable bonds is 6. The van der Waals surface area contributed by atoms with Crippen molar-refractivity contribution in [1.82, 2.24) is 14.9 Å². The van der Waals surface area contributed by atoms with E-state index in [0.29, 0.717) is 31.5 Å². The van der Waals surface area contributed by atoms with Crippen molar-refractivity contribution in [2.24, 2.45) is 5.92 Å². The smallest absolute Gasteiger partial charge is 0.257 e. The molecule has 196 valence electrons. The van der Waals surface area contributed by atoms with Crippen LogP contribution in [0.3, 0.4) is 0 Å². The van der Waals surface area contributed by atoms with E-state index in [1.807, 2.05) is 0 Å². The monoisotopic (exact) mass is 518 g/mol. The number of pyridine rings is 2. The number of benzene rings is 1. The number of anilines is 1. The molecule has 0 radical (unpaired) electrons. The molecular formula is C26H26F4N4O3. The quantitative estimate of drug-likeness (QED) is 0.485. The lowest BCUT2D eigenvalue weighted by Gasteiger charge is -2.35. The van der Waals surface area contributed by atoms with Gasteiger partial charge in [-0.25, -0.2) is 22.5 Å². The van der Waals surface area contributed by atoms with E-state index < -0.39 is 51.9 Å². The summed E-state index contributed by atoms with van der Waals surface area (Å²) in [6.45, 7) is 1.91. The fourth-order valence-corrected chi connectivity index (χ4v) is 4.98. The first-order valence-corrected chi connectivity index (χ1v) is 12.3. The van der Waals surface area contributed by atoms with E-state index in [1.54, 1.807) is 11.8 Å². The average Bonchev–Trinajstić information content (AvgIpc) is 3.70. The molecule has 11 heteroatoms. The highest BCUT2D eigenvalue weighted by atomic mass is 19.1. The number of piperidine rings is 1. The van der Waals surface area contributed by atoms with Gasteiger partial charge in [0.2, 0.25) is 5.43 Å². The predicted octanol–water partition coefficient (Wildman–Crippen LogP) is 3.82. The molecular weight excluding hydrogens is 492 g/mol. The molecule has 3 aromatic rings. The fourth-order valence-electron chi connectivity index (χ4n) is 4.98. The summed E-state index contributed by atoms with van der Waals surface area (Å²) in [5.74, 6) is -5.31. The van der Waals surface area contributed by atoms with Gasteiger partial charge in [-0.2, -0.15) is 0 Å². The summed E-state index contributed by atoms with van der Waals surface area (Å²) in [7, 11) is 0. The van der Waals surface area contributed by atoms with Gasteiger partial charge >= 0.3 is 0 Å². The van der Waals surface area contributed by atoms with E-state index in [9.17, 15) is 27.9 Å². The third-order valence-electron chi connectivity index (χ3n) is 7.18. The Morgan fingerprint density at radius 1 is 1.11 bits per heavy atom. The Hall–Kier alpha value is -3.47. The second-order valence-corrected chi connectivity index (χ2v) is 9.75. The Morgan fingerprint density at radius 2 is 1.81 bits per heavy atom. The summed E-state index contributed by atoms with van der Waals surface area (Å²) >= 11 is 0. The highest BCUT2D eigenvalue weighted by Gasteiger charge is 2.31. The lowest BCUT2D eigenvalue weighted by Crippen LogP contribution is -2.43. The summed E-state index contributed by atoms with van der Waals surface area (Å²) < 4.78 is 59.7. The molecule has 1 amide bonds. The van der Waals surface area contributed by atoms with Crippen molar-refractivity contribution < 1.29 is 27.5 Å². The van der Waals surface area contributed by atoms with E-state index >= 15 is 4.39 Å². The van der Waals surface area contributed by atoms with Crippen molar-refractivity contribution in [2.75, 3.05) is 18.1 Å². The number of hydrogen-bond acceptors (Lipinski definition) is 5. The summed E-state index contributed by atoms with van der Waals surface area (Å²) in [5.41, 5.74) is -2.38. The standard InChI is InChI=1S/C26H26F4N4O3/c1-13(14-5-6-14)31-26(37)18-11-34(22-19(28)8-15(27)9-20(22)29)24-17(23(18)36)10-21(30)25(32-24)33-7-3-2-4-16(33)12-35/h8-11,13-14,16,35H,2-7,12H2,1H3,(H,31,37)/t13-,16+/m1/s1. The van der Waals surface area contributed by atoms with Gasteiger partial charge in [-0.3, -0.25) is 14.2 Å². The minimum absolute atomic E-state index is 0.193. The van der Waals surface area contributed by atoms with Gasteiger partial charge in [-0.1, -0.05) is 0 Å². The molecule has 37 heavy (non-hydrogen) atoms. The molecule has 2 aromatic heterocycles. The van der Waals surface area contributed by atoms with Crippen molar-refractivity contribution in [3.63, 3.8) is 0 Å². The molecule has 0 unspecified atom stereocenters. The van der Waals surface area contributed by atoms with E-state index in [4.69, 9.17) is 0 Å². The lowest BCUT2D eigenvalue weighted by molar-refractivity contribution is 0.0934. The molecule has 1 aliphatic carbocycles. The van der Waals surface area contributed by atoms with E-state index in [0.717, 1.165) is 36.1 Å². The first kappa shape index (κ1) is 25.2. The minimum atomic E-state index is -1.29. The van der Waals surface area contributed by atoms with Crippen LogP contribution in [0, 0.1) is 29.2 Å². The molecule has 5 rings (SSSR count). The SMILES string of the molecule is C[C@@H](NC(=O)c1cn(-c2c(F)cc(F)cc2F)c2nc(N3CCCC[C@H]3CO)c(F)cc2c1=O)C1CC1. The van der Waals surface area contributed by atoms with Crippen LogP contribution < -0.4 is 15.6 Å². The number of halogens is 4. The highest BCUT2D eigenvalue weighted by molar-refractivity contribution is 5.97. The van der Waals surface area contributed by atoms with E-state index in [2.05, 4.69) is 10.3 Å². The number of hydrogen-bond donors (Lipinski definition) is 2. The second-order valence-electron chi connectivity index (χ2n) is 9.75. The van der Waals surface area contributed by atoms with Crippen molar-refractivity contribution in [2.45, 2.75) is 51.1 Å². The van der Waals surface area contributed by atoms with E-state index in [1.165, 1.54) is 0 Å². The molecule has 1 aromatic carbocycles. The molecule has 3 heterocycles. The molecule has 7 nitrogen and oxygen atoms in total. The molecule has 2 N–H and O–H groups in total. The third-order valence-corrected chi connectivity index (χ3v) is 7.18. The molecule has 2 aliphatic rings. The second kappa shape index (κ2) is 9.77. The van der Waals surface area contributed by atoms with Gasteiger partial charge in [0.25, 0.3) is 5.91 Å². The summed E-state index contributed by atoms with van der Waals surface area (Å²) in [6.07, 6.45) is 4.93. The number of carbonyl (C=O) groups excluding carboxylic acids is 1. The first-order chi connectivity index (χ1) is 17.7. The van der Waals surface area contributed by atoms with Crippen LogP contribution in [0.2, 0.25) is 0 Å². The molecule has 0 spiro atoms. The van der Waals surface area contributed by atoms with Crippen LogP contribution in [0.15, 0.2) is 29.2 Å². The zero-order valence-corrected chi connectivity index (χ0v) is 20.1. The lowest BCUT2D eigenvalue weighted by atomic mass is 10.0. The average molecular weight is 519 g/mol. The number of aromatic nitrogens is 2. The predicted molar refractivity (Wildman–Crippen MR) is 129 cm³/mol. The normalized spacial score (nSPS) is 18.8. The van der Waals surface area contributed by atoms with Crippen LogP contribution in [-0.2, 0) is 0 Å². The number of aliphatic hydroxyl groups is 1. The van der Waals surface area contributed by atoms with Gasteiger partial charge in [-0.05, 0) is 51.0 Å². The number of fused-ring (bicyclic) bond motifs is 1. The maximum Gasteiger partial charge on any atom is 0.257 e. The zero-order chi connectivity index (χ0) is 26.4. The molecule has 2 atom stereocenters. The Balaban J connectivity index is 1.75. The van der Waals surface area contributed by atoms with Crippen molar-refractivity contribution in [3.8, 4) is 5.69 Å². The Bertz CT molecular complexity index is 1420. The fraction of sp³-hybridized carbons (Fsp3) is 0.423. The number of aliphatic hydroxyl groups excluding tert-OH is 1. The highest BCUT2D eigenvalue weighted by Crippen LogP contribution is 2.33. The van der Waals surface area contributed by atoms with Gasteiger partial charge < -0.3 is 15.3 Å². The molecule has 1 saturated heterocycles. The summed E-state index contributed by atoms with van der Waals surface area (Å²) in [6, 6.07) is 1.16. The third kappa shape index (κ3) is 4.68. The Kier molecular flexibility index (Phi) is 6.65. The molecule has 1 saturated carbocycles. The number of nitrogens with one attached hydrogen (secondary N) is 1. The van der Waals surface area contributed by atoms with Crippen molar-refractivity contribution in [3.05, 3.63) is 63.5 Å². The summed E-state index contributed by atoms with van der Waals surface area (Å²) in [4.78, 5) is 32.2. The van der Waals surface area contributed by atoms with Gasteiger partial charge in [-0.15, -0.1) is 0 Å². The van der Waals surface area contributed by atoms with Gasteiger partial charge in [0.15, 0.2) is 28.9 Å². The van der Waals surface area contributed by atoms with E-state index in [-0.39, 0.29) is 35.4 Å². The van der Waals surface area contributed by atoms with Crippen molar-refractivity contribution in [1.29, 1.82) is 0 Å². The molecule has 1 aliphatic heterocycles. The number of carbonyl (C=O) groups is 1. The topological polar surface area (TPSA) is 87.5 Å². The number of amides is 1. The maximum atomic E-state index is 15.4. The maximum absolute atomic E-state index is 15.4. The van der Waals surface area contributed by atoms with Gasteiger partial charge in [0.05, 0.1) is 18.0 Å². The minimum Gasteiger partial charge on any atom is -0.394 e. The largest absolute Gasteiger partial charge is 0.394 e. The van der Waals surface area contributed by atoms with Crippen LogP contribution >= 0.6 is 0 Å². The van der Waals surface area contributed by atoms with Crippen LogP contribution in [0.5, 0.6) is 0 Å². The Labute approximate surface area is 209 Å². The zero-order valence-electron chi connectivity index (χ0n) is 20.1. The van der Waals surface area contributed by atoms with Crippen LogP contribution in [0.4, 0.5) is 23.4 Å². The molecule has 0 bridgehead atoms. The van der Waals surface area contributed by atoms with Crippen molar-refractivity contribution >= 4 is 22.8 Å². The molecule has 2 fully saturated rings. The van der Waals surface area contributed by atoms with Crippen LogP contribution in [0.1, 0.15) is 49.4 Å². The van der Waals surface area contributed by atoms with Crippen LogP contribution in [0.25, 0.3) is 16.7 Å². The summed E-state index contributed by atoms with van der Waals surface area (Å²) in [5, 5.41) is 12.1. The first-order valence-electron chi connectivity index (χ1n) is 12.3. The van der Waals surface area contributed by atoms with Gasteiger partial charge in [0, 0.05) is 30.9 Å². The Morgan fingerprint density at radius 3 is 2.46 bits per heavy atom.